The minimum absolute atomic E-state index is 0.634. The molecule has 0 bridgehead atoms. The van der Waals surface area contributed by atoms with Gasteiger partial charge in [0, 0.05) is 18.8 Å². The Labute approximate surface area is 123 Å². The van der Waals surface area contributed by atoms with Gasteiger partial charge in [-0.1, -0.05) is 4.98 Å². The molecule has 0 atom stereocenters. The van der Waals surface area contributed by atoms with Gasteiger partial charge in [-0.3, -0.25) is 4.90 Å². The van der Waals surface area contributed by atoms with Crippen LogP contribution < -0.4 is 20.5 Å². The predicted octanol–water partition coefficient (Wildman–Crippen LogP) is 0.676. The van der Waals surface area contributed by atoms with Crippen LogP contribution in [-0.2, 0) is 0 Å². The zero-order valence-corrected chi connectivity index (χ0v) is 11.7. The smallest absolute Gasteiger partial charge is 0.391 e. The second-order valence-corrected chi connectivity index (χ2v) is 5.00. The number of H-pyrrole nitrogens is 1. The van der Waals surface area contributed by atoms with Gasteiger partial charge in [-0.25, -0.2) is 4.98 Å². The third kappa shape index (κ3) is 2.87. The summed E-state index contributed by atoms with van der Waals surface area (Å²) >= 11 is 0. The van der Waals surface area contributed by atoms with E-state index in [1.807, 2.05) is 24.3 Å². The molecular weight excluding hydrogens is 264 g/mol. The van der Waals surface area contributed by atoms with Gasteiger partial charge in [-0.15, -0.1) is 0 Å². The largest absolute Gasteiger partial charge is 0.394 e. The molecule has 0 saturated carbocycles. The highest BCUT2D eigenvalue weighted by Crippen LogP contribution is 2.18. The standard InChI is InChI=1S/C15H16N6/c16-9-12-1-3-14(4-2-12)20-5-7-21(8-6-20)15-18-10-13(17)11-19-15/h1-4,10-11H,5-8,17H2/p+1. The topological polar surface area (TPSA) is 83.3 Å². The quantitative estimate of drug-likeness (QED) is 0.875. The summed E-state index contributed by atoms with van der Waals surface area (Å²) in [5, 5.41) is 8.83. The van der Waals surface area contributed by atoms with Crippen LogP contribution in [0.4, 0.5) is 17.3 Å². The van der Waals surface area contributed by atoms with Crippen molar-refractivity contribution in [1.82, 2.24) is 4.98 Å². The van der Waals surface area contributed by atoms with E-state index in [9.17, 15) is 0 Å². The Morgan fingerprint density at radius 3 is 2.33 bits per heavy atom. The number of nitriles is 1. The first-order chi connectivity index (χ1) is 10.3. The molecule has 21 heavy (non-hydrogen) atoms. The minimum Gasteiger partial charge on any atom is -0.394 e. The molecule has 106 valence electrons. The first-order valence-corrected chi connectivity index (χ1v) is 6.89. The van der Waals surface area contributed by atoms with E-state index >= 15 is 0 Å². The van der Waals surface area contributed by atoms with Gasteiger partial charge in [0.25, 0.3) is 0 Å². The maximum Gasteiger partial charge on any atom is 0.391 e. The number of hydrogen-bond acceptors (Lipinski definition) is 5. The van der Waals surface area contributed by atoms with Gasteiger partial charge in [0.1, 0.15) is 6.20 Å². The average Bonchev–Trinajstić information content (AvgIpc) is 2.56. The molecular formula is C15H17N6+. The zero-order chi connectivity index (χ0) is 14.7. The summed E-state index contributed by atoms with van der Waals surface area (Å²) in [6, 6.07) is 9.86. The number of hydrogen-bond donors (Lipinski definition) is 1. The van der Waals surface area contributed by atoms with Crippen molar-refractivity contribution in [3.05, 3.63) is 42.2 Å². The van der Waals surface area contributed by atoms with E-state index in [1.165, 1.54) is 0 Å². The van der Waals surface area contributed by atoms with Crippen LogP contribution in [0, 0.1) is 11.3 Å². The summed E-state index contributed by atoms with van der Waals surface area (Å²) in [4.78, 5) is 11.9. The average molecular weight is 281 g/mol. The number of nitrogens with zero attached hydrogens (tertiary/aromatic N) is 4. The van der Waals surface area contributed by atoms with Crippen molar-refractivity contribution in [2.75, 3.05) is 41.7 Å². The maximum absolute atomic E-state index is 8.83. The number of benzene rings is 1. The van der Waals surface area contributed by atoms with Crippen LogP contribution in [0.1, 0.15) is 5.56 Å². The first-order valence-electron chi connectivity index (χ1n) is 6.89. The van der Waals surface area contributed by atoms with Crippen molar-refractivity contribution in [2.45, 2.75) is 0 Å². The summed E-state index contributed by atoms with van der Waals surface area (Å²) in [5.74, 6) is 0.851. The summed E-state index contributed by atoms with van der Waals surface area (Å²) in [6.07, 6.45) is 3.42. The number of nitrogens with two attached hydrogens (primary N) is 1. The van der Waals surface area contributed by atoms with Gasteiger partial charge >= 0.3 is 5.95 Å². The Kier molecular flexibility index (Phi) is 3.56. The number of nitrogen functional groups attached to an aromatic ring is 1. The van der Waals surface area contributed by atoms with Crippen LogP contribution in [0.25, 0.3) is 0 Å². The molecule has 0 spiro atoms. The van der Waals surface area contributed by atoms with Gasteiger partial charge in [-0.05, 0) is 24.3 Å². The molecule has 1 aliphatic rings. The Balaban J connectivity index is 1.64. The van der Waals surface area contributed by atoms with Gasteiger partial charge < -0.3 is 10.6 Å². The van der Waals surface area contributed by atoms with Crippen molar-refractivity contribution in [3.8, 4) is 6.07 Å². The van der Waals surface area contributed by atoms with Gasteiger partial charge in [0.05, 0.1) is 36.6 Å². The van der Waals surface area contributed by atoms with E-state index in [0.717, 1.165) is 37.8 Å². The Bertz CT molecular complexity index is 635. The summed E-state index contributed by atoms with van der Waals surface area (Å²) in [5.41, 5.74) is 8.12. The molecule has 6 nitrogen and oxygen atoms in total. The summed E-state index contributed by atoms with van der Waals surface area (Å²) in [7, 11) is 0. The van der Waals surface area contributed by atoms with E-state index < -0.39 is 0 Å². The van der Waals surface area contributed by atoms with Crippen molar-refractivity contribution >= 4 is 17.3 Å². The van der Waals surface area contributed by atoms with Crippen molar-refractivity contribution in [3.63, 3.8) is 0 Å². The molecule has 1 aromatic carbocycles. The normalized spacial score (nSPS) is 14.8. The lowest BCUT2D eigenvalue weighted by Crippen LogP contribution is -2.48. The number of nitrogens with one attached hydrogen (secondary N) is 1. The fourth-order valence-corrected chi connectivity index (χ4v) is 2.45. The second-order valence-electron chi connectivity index (χ2n) is 5.00. The van der Waals surface area contributed by atoms with Crippen LogP contribution in [0.3, 0.4) is 0 Å². The van der Waals surface area contributed by atoms with Crippen molar-refractivity contribution in [2.24, 2.45) is 0 Å². The predicted molar refractivity (Wildman–Crippen MR) is 80.8 cm³/mol. The lowest BCUT2D eigenvalue weighted by atomic mass is 10.2. The number of anilines is 3. The molecule has 0 unspecified atom stereocenters. The number of aromatic nitrogens is 2. The van der Waals surface area contributed by atoms with Crippen LogP contribution in [-0.4, -0.2) is 31.2 Å². The molecule has 0 aliphatic carbocycles. The fraction of sp³-hybridized carbons (Fsp3) is 0.267. The number of aromatic amines is 1. The lowest BCUT2D eigenvalue weighted by Gasteiger charge is -2.32. The van der Waals surface area contributed by atoms with Crippen LogP contribution in [0.5, 0.6) is 0 Å². The molecule has 6 heteroatoms. The highest BCUT2D eigenvalue weighted by molar-refractivity contribution is 5.51. The summed E-state index contributed by atoms with van der Waals surface area (Å²) < 4.78 is 0. The van der Waals surface area contributed by atoms with E-state index in [4.69, 9.17) is 11.0 Å². The fourth-order valence-electron chi connectivity index (χ4n) is 2.45. The molecule has 0 radical (unpaired) electrons. The second kappa shape index (κ2) is 5.67. The Hall–Kier alpha value is -2.81. The van der Waals surface area contributed by atoms with Crippen molar-refractivity contribution < 1.29 is 4.98 Å². The van der Waals surface area contributed by atoms with E-state index in [-0.39, 0.29) is 0 Å². The van der Waals surface area contributed by atoms with E-state index in [0.29, 0.717) is 11.3 Å². The van der Waals surface area contributed by atoms with Crippen LogP contribution >= 0.6 is 0 Å². The minimum atomic E-state index is 0.634. The third-order valence-electron chi connectivity index (χ3n) is 3.64. The molecule has 1 fully saturated rings. The molecule has 1 aliphatic heterocycles. The molecule has 1 aromatic heterocycles. The molecule has 2 heterocycles. The first kappa shape index (κ1) is 13.2. The highest BCUT2D eigenvalue weighted by atomic mass is 15.3. The third-order valence-corrected chi connectivity index (χ3v) is 3.64. The van der Waals surface area contributed by atoms with E-state index in [2.05, 4.69) is 25.8 Å². The van der Waals surface area contributed by atoms with Crippen molar-refractivity contribution in [1.29, 1.82) is 5.26 Å². The SMILES string of the molecule is N#Cc1ccc(N2CCN(c3ncc(N)c[nH+]3)CC2)cc1. The molecule has 2 aromatic rings. The zero-order valence-electron chi connectivity index (χ0n) is 11.7. The monoisotopic (exact) mass is 281 g/mol. The van der Waals surface area contributed by atoms with Gasteiger partial charge in [0.15, 0.2) is 0 Å². The van der Waals surface area contributed by atoms with Crippen LogP contribution in [0.15, 0.2) is 36.7 Å². The highest BCUT2D eigenvalue weighted by Gasteiger charge is 2.24. The van der Waals surface area contributed by atoms with Gasteiger partial charge in [0.2, 0.25) is 0 Å². The Morgan fingerprint density at radius 1 is 1.10 bits per heavy atom. The molecule has 0 amide bonds. The number of piperazine rings is 1. The van der Waals surface area contributed by atoms with E-state index in [1.54, 1.807) is 12.4 Å². The van der Waals surface area contributed by atoms with Gasteiger partial charge in [-0.2, -0.15) is 5.26 Å². The molecule has 3 N–H and O–H groups in total. The molecule has 1 saturated heterocycles. The summed E-state index contributed by atoms with van der Waals surface area (Å²) in [6.45, 7) is 3.64. The number of rotatable bonds is 2. The van der Waals surface area contributed by atoms with Crippen LogP contribution in [0.2, 0.25) is 0 Å². The lowest BCUT2D eigenvalue weighted by molar-refractivity contribution is -0.367. The molecule has 3 rings (SSSR count). The Morgan fingerprint density at radius 2 is 1.76 bits per heavy atom. The maximum atomic E-state index is 8.83.